The second-order valence-corrected chi connectivity index (χ2v) is 9.94. The van der Waals surface area contributed by atoms with Crippen molar-refractivity contribution in [3.05, 3.63) is 132 Å². The molecule has 0 saturated heterocycles. The topological polar surface area (TPSA) is 70.7 Å². The van der Waals surface area contributed by atoms with E-state index in [9.17, 15) is 4.79 Å². The van der Waals surface area contributed by atoms with Crippen LogP contribution in [-0.2, 0) is 6.54 Å². The Hall–Kier alpha value is -4.68. The summed E-state index contributed by atoms with van der Waals surface area (Å²) >= 11 is 1.56. The number of aromatic amines is 1. The number of benzene rings is 4. The predicted molar refractivity (Wildman–Crippen MR) is 155 cm³/mol. The van der Waals surface area contributed by atoms with Crippen LogP contribution in [0.25, 0.3) is 33.8 Å². The van der Waals surface area contributed by atoms with Crippen LogP contribution >= 0.6 is 11.8 Å². The number of nitrogens with zero attached hydrogens (tertiary/aromatic N) is 2. The van der Waals surface area contributed by atoms with E-state index in [0.29, 0.717) is 12.1 Å². The van der Waals surface area contributed by atoms with E-state index in [1.165, 1.54) is 5.39 Å². The quantitative estimate of drug-likeness (QED) is 0.234. The first-order valence-electron chi connectivity index (χ1n) is 12.3. The van der Waals surface area contributed by atoms with Gasteiger partial charge in [-0.2, -0.15) is 5.10 Å². The molecule has 6 aromatic rings. The predicted octanol–water partition coefficient (Wildman–Crippen LogP) is 7.36. The van der Waals surface area contributed by atoms with E-state index in [1.807, 2.05) is 72.8 Å². The monoisotopic (exact) mass is 512 g/mol. The summed E-state index contributed by atoms with van der Waals surface area (Å²) in [5.41, 5.74) is 4.43. The fraction of sp³-hybridized carbons (Fsp3) is 0.0312. The van der Waals surface area contributed by atoms with Crippen LogP contribution < -0.4 is 5.32 Å². The van der Waals surface area contributed by atoms with Crippen molar-refractivity contribution >= 4 is 51.5 Å². The third-order valence-corrected chi connectivity index (χ3v) is 7.41. The molecule has 5 nitrogen and oxygen atoms in total. The minimum atomic E-state index is -0.0920. The lowest BCUT2D eigenvalue weighted by Gasteiger charge is -2.11. The van der Waals surface area contributed by atoms with Crippen LogP contribution in [-0.4, -0.2) is 21.1 Å². The Morgan fingerprint density at radius 1 is 0.842 bits per heavy atom. The Bertz CT molecular complexity index is 1770. The highest BCUT2D eigenvalue weighted by Gasteiger charge is 2.13. The number of hydrogen-bond donors (Lipinski definition) is 2. The van der Waals surface area contributed by atoms with Crippen molar-refractivity contribution in [2.75, 3.05) is 0 Å². The Labute approximate surface area is 224 Å². The Balaban J connectivity index is 1.19. The number of rotatable bonds is 7. The minimum Gasteiger partial charge on any atom is -0.348 e. The van der Waals surface area contributed by atoms with Gasteiger partial charge in [0.1, 0.15) is 0 Å². The summed E-state index contributed by atoms with van der Waals surface area (Å²) in [5, 5.41) is 14.1. The number of carbonyl (C=O) groups excluding carboxylic acids is 1. The van der Waals surface area contributed by atoms with Gasteiger partial charge in [0.2, 0.25) is 0 Å². The van der Waals surface area contributed by atoms with Crippen molar-refractivity contribution in [2.24, 2.45) is 0 Å². The van der Waals surface area contributed by atoms with Crippen LogP contribution in [0.1, 0.15) is 27.3 Å². The Kier molecular flexibility index (Phi) is 6.70. The van der Waals surface area contributed by atoms with Crippen LogP contribution in [0.15, 0.2) is 119 Å². The van der Waals surface area contributed by atoms with E-state index in [2.05, 4.69) is 63.0 Å². The van der Waals surface area contributed by atoms with E-state index in [1.54, 1.807) is 18.0 Å². The molecular weight excluding hydrogens is 488 g/mol. The fourth-order valence-corrected chi connectivity index (χ4v) is 5.42. The molecule has 2 aromatic heterocycles. The third-order valence-electron chi connectivity index (χ3n) is 6.34. The molecule has 1 amide bonds. The lowest BCUT2D eigenvalue weighted by molar-refractivity contribution is 0.0948. The average molecular weight is 513 g/mol. The summed E-state index contributed by atoms with van der Waals surface area (Å²) < 4.78 is 0. The van der Waals surface area contributed by atoms with Gasteiger partial charge in [-0.15, -0.1) is 0 Å². The first-order chi connectivity index (χ1) is 18.7. The molecule has 0 spiro atoms. The molecule has 38 heavy (non-hydrogen) atoms. The van der Waals surface area contributed by atoms with Gasteiger partial charge in [-0.3, -0.25) is 14.9 Å². The number of amides is 1. The molecule has 0 radical (unpaired) electrons. The average Bonchev–Trinajstić information content (AvgIpc) is 3.38. The smallest absolute Gasteiger partial charge is 0.252 e. The molecule has 0 bridgehead atoms. The van der Waals surface area contributed by atoms with Gasteiger partial charge in [-0.05, 0) is 71.0 Å². The number of fused-ring (bicyclic) bond motifs is 2. The molecule has 2 N–H and O–H groups in total. The van der Waals surface area contributed by atoms with E-state index in [4.69, 9.17) is 0 Å². The molecule has 0 fully saturated rings. The van der Waals surface area contributed by atoms with Gasteiger partial charge in [0.25, 0.3) is 5.91 Å². The highest BCUT2D eigenvalue weighted by Crippen LogP contribution is 2.33. The number of pyridine rings is 1. The number of hydrogen-bond acceptors (Lipinski definition) is 4. The van der Waals surface area contributed by atoms with Crippen LogP contribution in [0.4, 0.5) is 0 Å². The van der Waals surface area contributed by atoms with Crippen molar-refractivity contribution in [2.45, 2.75) is 16.3 Å². The van der Waals surface area contributed by atoms with Crippen molar-refractivity contribution < 1.29 is 4.79 Å². The fourth-order valence-electron chi connectivity index (χ4n) is 4.44. The molecule has 6 heteroatoms. The molecule has 0 saturated carbocycles. The second kappa shape index (κ2) is 10.7. The van der Waals surface area contributed by atoms with Crippen molar-refractivity contribution in [3.8, 4) is 0 Å². The van der Waals surface area contributed by atoms with E-state index in [-0.39, 0.29) is 5.91 Å². The molecule has 0 aliphatic heterocycles. The first kappa shape index (κ1) is 23.7. The summed E-state index contributed by atoms with van der Waals surface area (Å²) in [5.74, 6) is -0.0920. The van der Waals surface area contributed by atoms with E-state index in [0.717, 1.165) is 43.0 Å². The van der Waals surface area contributed by atoms with Gasteiger partial charge in [-0.1, -0.05) is 72.4 Å². The molecule has 0 aliphatic carbocycles. The number of nitrogens with one attached hydrogen (secondary N) is 2. The molecule has 0 aliphatic rings. The van der Waals surface area contributed by atoms with Crippen LogP contribution in [0.5, 0.6) is 0 Å². The molecule has 4 aromatic carbocycles. The normalized spacial score (nSPS) is 11.4. The summed E-state index contributed by atoms with van der Waals surface area (Å²) in [6.45, 7) is 0.466. The summed E-state index contributed by atoms with van der Waals surface area (Å²) in [6.07, 6.45) is 5.68. The van der Waals surface area contributed by atoms with Gasteiger partial charge in [0, 0.05) is 27.9 Å². The van der Waals surface area contributed by atoms with Crippen molar-refractivity contribution in [3.63, 3.8) is 0 Å². The van der Waals surface area contributed by atoms with Gasteiger partial charge < -0.3 is 5.32 Å². The van der Waals surface area contributed by atoms with Crippen LogP contribution in [0.2, 0.25) is 0 Å². The van der Waals surface area contributed by atoms with Gasteiger partial charge in [-0.25, -0.2) is 0 Å². The maximum atomic E-state index is 13.2. The highest BCUT2D eigenvalue weighted by atomic mass is 32.2. The van der Waals surface area contributed by atoms with E-state index >= 15 is 0 Å². The minimum absolute atomic E-state index is 0.0920. The zero-order valence-corrected chi connectivity index (χ0v) is 21.3. The third kappa shape index (κ3) is 5.08. The Morgan fingerprint density at radius 3 is 2.61 bits per heavy atom. The molecule has 184 valence electrons. The second-order valence-electron chi connectivity index (χ2n) is 8.82. The zero-order valence-electron chi connectivity index (χ0n) is 20.5. The standard InChI is InChI=1S/C32H24N4OS/c37-32(34-21-23-10-7-9-22-8-1-2-12-26(22)23)28-13-3-4-14-31(28)38-25-16-17-27-29(35-36-30(27)20-25)18-15-24-11-5-6-19-33-24/h1-20H,21H2,(H,34,37)(H,35,36)/b18-15+. The molecule has 2 heterocycles. The number of carbonyl (C=O) groups is 1. The largest absolute Gasteiger partial charge is 0.348 e. The van der Waals surface area contributed by atoms with Gasteiger partial charge >= 0.3 is 0 Å². The summed E-state index contributed by atoms with van der Waals surface area (Å²) in [7, 11) is 0. The molecule has 6 rings (SSSR count). The van der Waals surface area contributed by atoms with Crippen LogP contribution in [0, 0.1) is 0 Å². The molecule has 0 atom stereocenters. The summed E-state index contributed by atoms with van der Waals surface area (Å²) in [6, 6.07) is 34.1. The van der Waals surface area contributed by atoms with Crippen molar-refractivity contribution in [1.82, 2.24) is 20.5 Å². The first-order valence-corrected chi connectivity index (χ1v) is 13.2. The molecule has 0 unspecified atom stereocenters. The zero-order chi connectivity index (χ0) is 25.7. The maximum Gasteiger partial charge on any atom is 0.252 e. The SMILES string of the molecule is O=C(NCc1cccc2ccccc12)c1ccccc1Sc1ccc2c(/C=C/c3ccccn3)n[nH]c2c1. The highest BCUT2D eigenvalue weighted by molar-refractivity contribution is 7.99. The lowest BCUT2D eigenvalue weighted by atomic mass is 10.0. The van der Waals surface area contributed by atoms with E-state index < -0.39 is 0 Å². The van der Waals surface area contributed by atoms with Gasteiger partial charge in [0.15, 0.2) is 0 Å². The van der Waals surface area contributed by atoms with Gasteiger partial charge in [0.05, 0.1) is 22.5 Å². The molecular formula is C32H24N4OS. The lowest BCUT2D eigenvalue weighted by Crippen LogP contribution is -2.23. The number of H-pyrrole nitrogens is 1. The Morgan fingerprint density at radius 2 is 1.68 bits per heavy atom. The van der Waals surface area contributed by atoms with Crippen LogP contribution in [0.3, 0.4) is 0 Å². The number of aromatic nitrogens is 3. The summed E-state index contributed by atoms with van der Waals surface area (Å²) in [4.78, 5) is 19.5. The maximum absolute atomic E-state index is 13.2. The van der Waals surface area contributed by atoms with Crippen molar-refractivity contribution in [1.29, 1.82) is 0 Å².